The first-order valence-corrected chi connectivity index (χ1v) is 6.08. The van der Waals surface area contributed by atoms with Gasteiger partial charge in [0.25, 0.3) is 0 Å². The van der Waals surface area contributed by atoms with Crippen molar-refractivity contribution in [2.45, 2.75) is 46.5 Å². The van der Waals surface area contributed by atoms with Crippen molar-refractivity contribution in [1.82, 2.24) is 9.97 Å². The molecule has 16 heavy (non-hydrogen) atoms. The van der Waals surface area contributed by atoms with Crippen molar-refractivity contribution < 1.29 is 0 Å². The van der Waals surface area contributed by atoms with Gasteiger partial charge in [-0.25, -0.2) is 4.98 Å². The van der Waals surface area contributed by atoms with E-state index in [1.807, 2.05) is 0 Å². The average molecular weight is 216 g/mol. The normalized spacial score (nSPS) is 13.2. The molecule has 0 spiro atoms. The van der Waals surface area contributed by atoms with Gasteiger partial charge in [-0.3, -0.25) is 0 Å². The van der Waals surface area contributed by atoms with Crippen LogP contribution in [0.5, 0.6) is 0 Å². The number of hydrogen-bond donors (Lipinski definition) is 1. The molecule has 1 heterocycles. The summed E-state index contributed by atoms with van der Waals surface area (Å²) < 4.78 is 0. The maximum atomic E-state index is 4.68. The monoisotopic (exact) mass is 216 g/mol. The van der Waals surface area contributed by atoms with Crippen LogP contribution < -0.4 is 0 Å². The molecular weight excluding hydrogens is 196 g/mol. The lowest BCUT2D eigenvalue weighted by molar-refractivity contribution is 0.636. The number of hydrogen-bond acceptors (Lipinski definition) is 1. The highest BCUT2D eigenvalue weighted by Gasteiger charge is 2.10. The maximum Gasteiger partial charge on any atom is 0.110 e. The minimum atomic E-state index is 0.526. The van der Waals surface area contributed by atoms with Gasteiger partial charge in [0.2, 0.25) is 0 Å². The molecule has 0 fully saturated rings. The third kappa shape index (κ3) is 1.97. The summed E-state index contributed by atoms with van der Waals surface area (Å²) >= 11 is 0. The van der Waals surface area contributed by atoms with Crippen LogP contribution in [0.4, 0.5) is 0 Å². The number of rotatable bonds is 3. The Morgan fingerprint density at radius 1 is 1.25 bits per heavy atom. The van der Waals surface area contributed by atoms with Crippen molar-refractivity contribution in [3.63, 3.8) is 0 Å². The highest BCUT2D eigenvalue weighted by molar-refractivity contribution is 5.77. The largest absolute Gasteiger partial charge is 0.342 e. The van der Waals surface area contributed by atoms with E-state index in [-0.39, 0.29) is 0 Å². The second-order valence-corrected chi connectivity index (χ2v) is 4.77. The predicted octanol–water partition coefficient (Wildman–Crippen LogP) is 4.08. The van der Waals surface area contributed by atoms with Crippen molar-refractivity contribution in [3.8, 4) is 0 Å². The summed E-state index contributed by atoms with van der Waals surface area (Å²) in [5.74, 6) is 1.65. The lowest BCUT2D eigenvalue weighted by atomic mass is 10.1. The quantitative estimate of drug-likeness (QED) is 0.822. The molecule has 1 aromatic carbocycles. The van der Waals surface area contributed by atoms with Crippen molar-refractivity contribution in [1.29, 1.82) is 0 Å². The molecule has 0 aliphatic carbocycles. The molecule has 2 rings (SSSR count). The summed E-state index contributed by atoms with van der Waals surface area (Å²) in [6, 6.07) is 4.36. The minimum absolute atomic E-state index is 0.526. The second-order valence-electron chi connectivity index (χ2n) is 4.77. The topological polar surface area (TPSA) is 28.7 Å². The lowest BCUT2D eigenvalue weighted by Gasteiger charge is -2.04. The van der Waals surface area contributed by atoms with Crippen LogP contribution >= 0.6 is 0 Å². The van der Waals surface area contributed by atoms with E-state index in [2.05, 4.69) is 49.8 Å². The first-order chi connectivity index (χ1) is 7.61. The third-order valence-electron chi connectivity index (χ3n) is 3.30. The molecule has 1 aromatic heterocycles. The highest BCUT2D eigenvalue weighted by atomic mass is 14.9. The summed E-state index contributed by atoms with van der Waals surface area (Å²) in [5.41, 5.74) is 4.90. The van der Waals surface area contributed by atoms with E-state index in [1.54, 1.807) is 0 Å². The Labute approximate surface area is 97.1 Å². The van der Waals surface area contributed by atoms with Crippen LogP contribution in [0.15, 0.2) is 12.1 Å². The molecule has 1 unspecified atom stereocenters. The zero-order valence-electron chi connectivity index (χ0n) is 10.6. The molecule has 0 bridgehead atoms. The van der Waals surface area contributed by atoms with Crippen molar-refractivity contribution in [2.24, 2.45) is 0 Å². The molecule has 0 aliphatic rings. The number of aromatic nitrogens is 2. The zero-order chi connectivity index (χ0) is 11.7. The van der Waals surface area contributed by atoms with Gasteiger partial charge in [-0.1, -0.05) is 20.3 Å². The van der Waals surface area contributed by atoms with E-state index < -0.39 is 0 Å². The van der Waals surface area contributed by atoms with E-state index >= 15 is 0 Å². The van der Waals surface area contributed by atoms with E-state index in [0.29, 0.717) is 5.92 Å². The predicted molar refractivity (Wildman–Crippen MR) is 68.9 cm³/mol. The first kappa shape index (κ1) is 11.2. The summed E-state index contributed by atoms with van der Waals surface area (Å²) in [5, 5.41) is 0. The van der Waals surface area contributed by atoms with Gasteiger partial charge in [-0.15, -0.1) is 0 Å². The molecule has 0 saturated carbocycles. The molecule has 86 valence electrons. The van der Waals surface area contributed by atoms with Crippen LogP contribution in [0.25, 0.3) is 11.0 Å². The van der Waals surface area contributed by atoms with Crippen LogP contribution in [0.2, 0.25) is 0 Å². The van der Waals surface area contributed by atoms with Crippen molar-refractivity contribution in [3.05, 3.63) is 29.1 Å². The van der Waals surface area contributed by atoms with Gasteiger partial charge in [0, 0.05) is 5.92 Å². The molecule has 2 nitrogen and oxygen atoms in total. The number of fused-ring (bicyclic) bond motifs is 1. The Hall–Kier alpha value is -1.31. The summed E-state index contributed by atoms with van der Waals surface area (Å²) in [6.45, 7) is 8.73. The van der Waals surface area contributed by atoms with Crippen molar-refractivity contribution >= 4 is 11.0 Å². The molecule has 1 atom stereocenters. The molecule has 2 aromatic rings. The number of imidazole rings is 1. The molecular formula is C14H20N2. The van der Waals surface area contributed by atoms with E-state index in [0.717, 1.165) is 11.3 Å². The van der Waals surface area contributed by atoms with Gasteiger partial charge >= 0.3 is 0 Å². The summed E-state index contributed by atoms with van der Waals surface area (Å²) in [6.07, 6.45) is 2.40. The zero-order valence-corrected chi connectivity index (χ0v) is 10.6. The van der Waals surface area contributed by atoms with Crippen LogP contribution in [0, 0.1) is 13.8 Å². The molecule has 0 radical (unpaired) electrons. The number of nitrogens with one attached hydrogen (secondary N) is 1. The Kier molecular flexibility index (Phi) is 2.99. The fourth-order valence-corrected chi connectivity index (χ4v) is 2.09. The van der Waals surface area contributed by atoms with E-state index in [9.17, 15) is 0 Å². The molecule has 0 aliphatic heterocycles. The smallest absolute Gasteiger partial charge is 0.110 e. The van der Waals surface area contributed by atoms with Crippen LogP contribution in [0.1, 0.15) is 49.6 Å². The van der Waals surface area contributed by atoms with Crippen LogP contribution in [0.3, 0.4) is 0 Å². The second kappa shape index (κ2) is 4.28. The number of H-pyrrole nitrogens is 1. The maximum absolute atomic E-state index is 4.68. The van der Waals surface area contributed by atoms with Gasteiger partial charge < -0.3 is 4.98 Å². The molecule has 1 N–H and O–H groups in total. The molecule has 2 heteroatoms. The van der Waals surface area contributed by atoms with Crippen molar-refractivity contribution in [2.75, 3.05) is 0 Å². The number of nitrogens with zero attached hydrogens (tertiary/aromatic N) is 1. The standard InChI is InChI=1S/C14H20N2/c1-5-6-9(2)14-15-12-7-10(3)11(4)8-13(12)16-14/h7-9H,5-6H2,1-4H3,(H,15,16). The van der Waals surface area contributed by atoms with Gasteiger partial charge in [0.1, 0.15) is 5.82 Å². The Morgan fingerprint density at radius 2 is 1.94 bits per heavy atom. The van der Waals surface area contributed by atoms with Crippen LogP contribution in [-0.2, 0) is 0 Å². The molecule has 0 saturated heterocycles. The van der Waals surface area contributed by atoms with Gasteiger partial charge in [-0.2, -0.15) is 0 Å². The Morgan fingerprint density at radius 3 is 2.62 bits per heavy atom. The SMILES string of the molecule is CCCC(C)c1nc2cc(C)c(C)cc2[nH]1. The van der Waals surface area contributed by atoms with Gasteiger partial charge in [0.15, 0.2) is 0 Å². The average Bonchev–Trinajstić information content (AvgIpc) is 2.62. The molecule has 0 amide bonds. The summed E-state index contributed by atoms with van der Waals surface area (Å²) in [7, 11) is 0. The van der Waals surface area contributed by atoms with Gasteiger partial charge in [-0.05, 0) is 43.5 Å². The lowest BCUT2D eigenvalue weighted by Crippen LogP contribution is -1.94. The summed E-state index contributed by atoms with van der Waals surface area (Å²) in [4.78, 5) is 8.11. The number of aromatic amines is 1. The van der Waals surface area contributed by atoms with Gasteiger partial charge in [0.05, 0.1) is 11.0 Å². The fraction of sp³-hybridized carbons (Fsp3) is 0.500. The Balaban J connectivity index is 2.43. The fourth-order valence-electron chi connectivity index (χ4n) is 2.09. The Bertz CT molecular complexity index is 458. The van der Waals surface area contributed by atoms with E-state index in [1.165, 1.54) is 29.5 Å². The highest BCUT2D eigenvalue weighted by Crippen LogP contribution is 2.23. The minimum Gasteiger partial charge on any atom is -0.342 e. The number of benzene rings is 1. The first-order valence-electron chi connectivity index (χ1n) is 6.08. The third-order valence-corrected chi connectivity index (χ3v) is 3.30. The number of aryl methyl sites for hydroxylation is 2. The van der Waals surface area contributed by atoms with Crippen LogP contribution in [-0.4, -0.2) is 9.97 Å². The van der Waals surface area contributed by atoms with E-state index in [4.69, 9.17) is 0 Å².